The van der Waals surface area contributed by atoms with Crippen molar-refractivity contribution in [3.8, 4) is 0 Å². The molecular weight excluding hydrogens is 325 g/mol. The molecule has 1 atom stereocenters. The average molecular weight is 340 g/mol. The van der Waals surface area contributed by atoms with Crippen molar-refractivity contribution in [2.24, 2.45) is 0 Å². The molecular formula is C15H15BrFNO2. The molecule has 2 aromatic rings. The van der Waals surface area contributed by atoms with Crippen LogP contribution in [-0.2, 0) is 6.42 Å². The van der Waals surface area contributed by atoms with Gasteiger partial charge in [-0.15, -0.1) is 0 Å². The smallest absolute Gasteiger partial charge is 0.251 e. The first-order valence-corrected chi connectivity index (χ1v) is 7.14. The number of hydrogen-bond acceptors (Lipinski definition) is 2. The van der Waals surface area contributed by atoms with Gasteiger partial charge < -0.3 is 9.73 Å². The number of halogens is 2. The summed E-state index contributed by atoms with van der Waals surface area (Å²) in [7, 11) is 0. The first-order chi connectivity index (χ1) is 9.56. The molecule has 0 aliphatic carbocycles. The Kier molecular flexibility index (Phi) is 4.95. The third-order valence-electron chi connectivity index (χ3n) is 2.96. The molecule has 0 radical (unpaired) electrons. The van der Waals surface area contributed by atoms with E-state index in [4.69, 9.17) is 4.42 Å². The van der Waals surface area contributed by atoms with Gasteiger partial charge in [0, 0.05) is 18.0 Å². The summed E-state index contributed by atoms with van der Waals surface area (Å²) in [5.41, 5.74) is 0.315. The van der Waals surface area contributed by atoms with Crippen LogP contribution in [0.3, 0.4) is 0 Å². The summed E-state index contributed by atoms with van der Waals surface area (Å²) in [4.78, 5) is 12.0. The Morgan fingerprint density at radius 2 is 2.25 bits per heavy atom. The molecule has 5 heteroatoms. The molecule has 0 fully saturated rings. The molecule has 0 aliphatic heterocycles. The van der Waals surface area contributed by atoms with Crippen molar-refractivity contribution in [3.05, 3.63) is 58.2 Å². The predicted molar refractivity (Wildman–Crippen MR) is 78.1 cm³/mol. The maximum atomic E-state index is 13.4. The van der Waals surface area contributed by atoms with E-state index in [1.165, 1.54) is 12.1 Å². The van der Waals surface area contributed by atoms with Crippen LogP contribution in [0.1, 0.15) is 29.5 Å². The number of carbonyl (C=O) groups is 1. The van der Waals surface area contributed by atoms with E-state index in [9.17, 15) is 9.18 Å². The molecule has 1 aromatic carbocycles. The van der Waals surface area contributed by atoms with Crippen LogP contribution in [0.5, 0.6) is 0 Å². The highest BCUT2D eigenvalue weighted by Gasteiger charge is 2.12. The van der Waals surface area contributed by atoms with Crippen LogP contribution in [0.25, 0.3) is 0 Å². The van der Waals surface area contributed by atoms with E-state index in [2.05, 4.69) is 21.2 Å². The van der Waals surface area contributed by atoms with Crippen LogP contribution in [0.15, 0.2) is 45.5 Å². The molecule has 0 bridgehead atoms. The van der Waals surface area contributed by atoms with Gasteiger partial charge in [-0.05, 0) is 59.6 Å². The summed E-state index contributed by atoms with van der Waals surface area (Å²) in [5, 5.41) is 2.84. The van der Waals surface area contributed by atoms with Gasteiger partial charge in [0.15, 0.2) is 0 Å². The molecule has 106 valence electrons. The third-order valence-corrected chi connectivity index (χ3v) is 3.61. The second-order valence-electron chi connectivity index (χ2n) is 4.62. The molecule has 1 unspecified atom stereocenters. The molecule has 0 saturated heterocycles. The number of benzene rings is 1. The van der Waals surface area contributed by atoms with Gasteiger partial charge in [-0.25, -0.2) is 4.39 Å². The third kappa shape index (κ3) is 3.93. The van der Waals surface area contributed by atoms with Crippen molar-refractivity contribution >= 4 is 21.8 Å². The minimum atomic E-state index is -0.444. The molecule has 3 nitrogen and oxygen atoms in total. The summed E-state index contributed by atoms with van der Waals surface area (Å²) >= 11 is 3.06. The van der Waals surface area contributed by atoms with Gasteiger partial charge in [0.2, 0.25) is 0 Å². The van der Waals surface area contributed by atoms with E-state index in [-0.39, 0.29) is 11.9 Å². The maximum absolute atomic E-state index is 13.4. The number of furan rings is 1. The Balaban J connectivity index is 1.88. The SMILES string of the molecule is CC(CCc1ccco1)NC(=O)c1ccc(Br)c(F)c1. The first kappa shape index (κ1) is 14.8. The number of carbonyl (C=O) groups excluding carboxylic acids is 1. The van der Waals surface area contributed by atoms with Crippen molar-refractivity contribution in [2.45, 2.75) is 25.8 Å². The summed E-state index contributed by atoms with van der Waals surface area (Å²) in [5.74, 6) is 0.171. The highest BCUT2D eigenvalue weighted by Crippen LogP contribution is 2.16. The highest BCUT2D eigenvalue weighted by molar-refractivity contribution is 9.10. The summed E-state index contributed by atoms with van der Waals surface area (Å²) < 4.78 is 19.0. The van der Waals surface area contributed by atoms with Crippen LogP contribution in [0.2, 0.25) is 0 Å². The van der Waals surface area contributed by atoms with Crippen LogP contribution in [-0.4, -0.2) is 11.9 Å². The number of hydrogen-bond donors (Lipinski definition) is 1. The Bertz CT molecular complexity index is 584. The normalized spacial score (nSPS) is 12.2. The lowest BCUT2D eigenvalue weighted by Gasteiger charge is -2.13. The lowest BCUT2D eigenvalue weighted by molar-refractivity contribution is 0.0937. The summed E-state index contributed by atoms with van der Waals surface area (Å²) in [6, 6.07) is 8.05. The first-order valence-electron chi connectivity index (χ1n) is 6.34. The van der Waals surface area contributed by atoms with E-state index >= 15 is 0 Å². The van der Waals surface area contributed by atoms with Gasteiger partial charge in [0.1, 0.15) is 11.6 Å². The van der Waals surface area contributed by atoms with Crippen molar-refractivity contribution in [2.75, 3.05) is 0 Å². The van der Waals surface area contributed by atoms with E-state index in [1.807, 2.05) is 19.1 Å². The molecule has 0 spiro atoms. The molecule has 1 aromatic heterocycles. The molecule has 0 saturated carbocycles. The van der Waals surface area contributed by atoms with Crippen LogP contribution in [0, 0.1) is 5.82 Å². The zero-order valence-electron chi connectivity index (χ0n) is 11.0. The predicted octanol–water partition coefficient (Wildman–Crippen LogP) is 3.93. The molecule has 20 heavy (non-hydrogen) atoms. The molecule has 1 amide bonds. The Labute approximate surface area is 125 Å². The Morgan fingerprint density at radius 1 is 1.45 bits per heavy atom. The lowest BCUT2D eigenvalue weighted by atomic mass is 10.1. The standard InChI is InChI=1S/C15H15BrFNO2/c1-10(4-6-12-3-2-8-20-12)18-15(19)11-5-7-13(16)14(17)9-11/h2-3,5,7-10H,4,6H2,1H3,(H,18,19). The topological polar surface area (TPSA) is 42.2 Å². The quantitative estimate of drug-likeness (QED) is 0.896. The second-order valence-corrected chi connectivity index (χ2v) is 5.48. The van der Waals surface area contributed by atoms with Crippen LogP contribution in [0.4, 0.5) is 4.39 Å². The van der Waals surface area contributed by atoms with Crippen molar-refractivity contribution in [1.29, 1.82) is 0 Å². The van der Waals surface area contributed by atoms with Crippen molar-refractivity contribution in [3.63, 3.8) is 0 Å². The fraction of sp³-hybridized carbons (Fsp3) is 0.267. The van der Waals surface area contributed by atoms with E-state index in [1.54, 1.807) is 12.3 Å². The fourth-order valence-corrected chi connectivity index (χ4v) is 2.08. The van der Waals surface area contributed by atoms with Gasteiger partial charge in [0.25, 0.3) is 5.91 Å². The van der Waals surface area contributed by atoms with E-state index in [0.29, 0.717) is 10.0 Å². The van der Waals surface area contributed by atoms with E-state index in [0.717, 1.165) is 18.6 Å². The van der Waals surface area contributed by atoms with Crippen LogP contribution >= 0.6 is 15.9 Å². The molecule has 1 heterocycles. The number of aryl methyl sites for hydroxylation is 1. The molecule has 2 rings (SSSR count). The van der Waals surface area contributed by atoms with Crippen LogP contribution < -0.4 is 5.32 Å². The monoisotopic (exact) mass is 339 g/mol. The zero-order chi connectivity index (χ0) is 14.5. The number of rotatable bonds is 5. The maximum Gasteiger partial charge on any atom is 0.251 e. The second kappa shape index (κ2) is 6.70. The average Bonchev–Trinajstić information content (AvgIpc) is 2.92. The van der Waals surface area contributed by atoms with Gasteiger partial charge in [-0.1, -0.05) is 0 Å². The Morgan fingerprint density at radius 3 is 2.90 bits per heavy atom. The zero-order valence-corrected chi connectivity index (χ0v) is 12.6. The van der Waals surface area contributed by atoms with Gasteiger partial charge in [-0.3, -0.25) is 4.79 Å². The van der Waals surface area contributed by atoms with E-state index < -0.39 is 5.82 Å². The lowest BCUT2D eigenvalue weighted by Crippen LogP contribution is -2.32. The van der Waals surface area contributed by atoms with Gasteiger partial charge in [0.05, 0.1) is 10.7 Å². The van der Waals surface area contributed by atoms with Gasteiger partial charge >= 0.3 is 0 Å². The van der Waals surface area contributed by atoms with Crippen molar-refractivity contribution in [1.82, 2.24) is 5.32 Å². The highest BCUT2D eigenvalue weighted by atomic mass is 79.9. The van der Waals surface area contributed by atoms with Crippen molar-refractivity contribution < 1.29 is 13.6 Å². The number of amides is 1. The fourth-order valence-electron chi connectivity index (χ4n) is 1.83. The Hall–Kier alpha value is -1.62. The summed E-state index contributed by atoms with van der Waals surface area (Å²) in [6.45, 7) is 1.91. The number of nitrogens with one attached hydrogen (secondary N) is 1. The minimum absolute atomic E-state index is 0.0145. The summed E-state index contributed by atoms with van der Waals surface area (Å²) in [6.07, 6.45) is 3.14. The molecule has 1 N–H and O–H groups in total. The largest absolute Gasteiger partial charge is 0.469 e. The minimum Gasteiger partial charge on any atom is -0.469 e. The molecule has 0 aliphatic rings. The van der Waals surface area contributed by atoms with Gasteiger partial charge in [-0.2, -0.15) is 0 Å².